The molecule has 10 nitrogen and oxygen atoms in total. The van der Waals surface area contributed by atoms with Crippen molar-refractivity contribution in [2.45, 2.75) is 6.54 Å². The highest BCUT2D eigenvalue weighted by atomic mass is 16.5. The summed E-state index contributed by atoms with van der Waals surface area (Å²) in [4.78, 5) is 28.7. The van der Waals surface area contributed by atoms with Gasteiger partial charge >= 0.3 is 11.7 Å². The summed E-state index contributed by atoms with van der Waals surface area (Å²) < 4.78 is 13.1. The molecule has 0 radical (unpaired) electrons. The minimum absolute atomic E-state index is 0.214. The van der Waals surface area contributed by atoms with Crippen molar-refractivity contribution in [2.24, 2.45) is 7.05 Å². The summed E-state index contributed by atoms with van der Waals surface area (Å²) >= 11 is 0. The lowest BCUT2D eigenvalue weighted by atomic mass is 10.3. The topological polar surface area (TPSA) is 112 Å². The maximum absolute atomic E-state index is 12.4. The average molecular weight is 398 g/mol. The zero-order chi connectivity index (χ0) is 20.8. The van der Waals surface area contributed by atoms with Crippen LogP contribution in [-0.2, 0) is 13.6 Å². The Bertz CT molecular complexity index is 1020. The standard InChI is InChI=1S/C19H22N6O4/c1-24-17(16-6-4-5-7-20-16)23-25(19(24)27)9-8-21-18(26)22-13-10-14(28-2)12-15(11-13)29-3/h4-7,10-12H,8-9H2,1-3H3,(H2,21,22,26). The first-order valence-electron chi connectivity index (χ1n) is 8.85. The van der Waals surface area contributed by atoms with Gasteiger partial charge in [0, 0.05) is 43.7 Å². The maximum Gasteiger partial charge on any atom is 0.346 e. The number of urea groups is 1. The van der Waals surface area contributed by atoms with Crippen LogP contribution in [0.4, 0.5) is 10.5 Å². The van der Waals surface area contributed by atoms with Crippen LogP contribution >= 0.6 is 0 Å². The van der Waals surface area contributed by atoms with Gasteiger partial charge in [0.2, 0.25) is 0 Å². The Labute approximate surface area is 167 Å². The van der Waals surface area contributed by atoms with E-state index in [1.165, 1.54) is 23.5 Å². The number of ether oxygens (including phenoxy) is 2. The Morgan fingerprint density at radius 1 is 1.14 bits per heavy atom. The Hall–Kier alpha value is -3.82. The largest absolute Gasteiger partial charge is 0.497 e. The van der Waals surface area contributed by atoms with Gasteiger partial charge in [0.25, 0.3) is 0 Å². The van der Waals surface area contributed by atoms with E-state index in [4.69, 9.17) is 9.47 Å². The molecule has 0 unspecified atom stereocenters. The molecule has 0 saturated heterocycles. The molecule has 0 aliphatic heterocycles. The molecule has 3 rings (SSSR count). The molecule has 0 atom stereocenters. The van der Waals surface area contributed by atoms with Crippen molar-refractivity contribution < 1.29 is 14.3 Å². The summed E-state index contributed by atoms with van der Waals surface area (Å²) in [6.07, 6.45) is 1.64. The van der Waals surface area contributed by atoms with Gasteiger partial charge < -0.3 is 20.1 Å². The number of nitrogens with zero attached hydrogens (tertiary/aromatic N) is 4. The van der Waals surface area contributed by atoms with Gasteiger partial charge in [-0.05, 0) is 12.1 Å². The predicted octanol–water partition coefficient (Wildman–Crippen LogP) is 1.48. The first-order valence-corrected chi connectivity index (χ1v) is 8.85. The third-order valence-corrected chi connectivity index (χ3v) is 4.15. The molecule has 0 saturated carbocycles. The number of hydrogen-bond acceptors (Lipinski definition) is 6. The number of nitrogens with one attached hydrogen (secondary N) is 2. The van der Waals surface area contributed by atoms with Crippen molar-refractivity contribution in [1.29, 1.82) is 0 Å². The van der Waals surface area contributed by atoms with Crippen LogP contribution in [0.15, 0.2) is 47.4 Å². The second kappa shape index (κ2) is 8.91. The molecule has 2 N–H and O–H groups in total. The number of hydrogen-bond donors (Lipinski definition) is 2. The number of aromatic nitrogens is 4. The second-order valence-electron chi connectivity index (χ2n) is 6.09. The van der Waals surface area contributed by atoms with Crippen LogP contribution in [0.5, 0.6) is 11.5 Å². The molecule has 3 aromatic rings. The molecular formula is C19H22N6O4. The molecule has 152 valence electrons. The fourth-order valence-corrected chi connectivity index (χ4v) is 2.68. The number of carbonyl (C=O) groups is 1. The molecule has 0 fully saturated rings. The summed E-state index contributed by atoms with van der Waals surface area (Å²) in [5.41, 5.74) is 0.833. The first-order chi connectivity index (χ1) is 14.0. The highest BCUT2D eigenvalue weighted by molar-refractivity contribution is 5.89. The zero-order valence-corrected chi connectivity index (χ0v) is 16.4. The van der Waals surface area contributed by atoms with Crippen molar-refractivity contribution in [3.63, 3.8) is 0 Å². The van der Waals surface area contributed by atoms with Crippen LogP contribution in [0, 0.1) is 0 Å². The third-order valence-electron chi connectivity index (χ3n) is 4.15. The van der Waals surface area contributed by atoms with Gasteiger partial charge in [-0.2, -0.15) is 0 Å². The lowest BCUT2D eigenvalue weighted by molar-refractivity contribution is 0.251. The van der Waals surface area contributed by atoms with E-state index in [0.717, 1.165) is 0 Å². The molecular weight excluding hydrogens is 376 g/mol. The fourth-order valence-electron chi connectivity index (χ4n) is 2.68. The van der Waals surface area contributed by atoms with Crippen molar-refractivity contribution in [3.05, 3.63) is 53.1 Å². The summed E-state index contributed by atoms with van der Waals surface area (Å²) in [5, 5.41) is 9.70. The highest BCUT2D eigenvalue weighted by Gasteiger charge is 2.13. The van der Waals surface area contributed by atoms with E-state index < -0.39 is 6.03 Å². The van der Waals surface area contributed by atoms with Crippen molar-refractivity contribution >= 4 is 11.7 Å². The van der Waals surface area contributed by atoms with Crippen LogP contribution in [0.1, 0.15) is 0 Å². The molecule has 10 heteroatoms. The fraction of sp³-hybridized carbons (Fsp3) is 0.263. The van der Waals surface area contributed by atoms with Gasteiger partial charge in [-0.15, -0.1) is 5.10 Å². The van der Waals surface area contributed by atoms with Gasteiger partial charge in [0.1, 0.15) is 17.2 Å². The molecule has 1 aromatic carbocycles. The normalized spacial score (nSPS) is 10.4. The number of pyridine rings is 1. The maximum atomic E-state index is 12.4. The highest BCUT2D eigenvalue weighted by Crippen LogP contribution is 2.25. The van der Waals surface area contributed by atoms with E-state index >= 15 is 0 Å². The number of anilines is 1. The molecule has 0 bridgehead atoms. The average Bonchev–Trinajstić information content (AvgIpc) is 3.02. The Morgan fingerprint density at radius 2 is 1.86 bits per heavy atom. The monoisotopic (exact) mass is 398 g/mol. The van der Waals surface area contributed by atoms with Gasteiger partial charge in [-0.1, -0.05) is 6.07 Å². The molecule has 0 aliphatic rings. The summed E-state index contributed by atoms with van der Waals surface area (Å²) in [6, 6.07) is 10.0. The van der Waals surface area contributed by atoms with Crippen molar-refractivity contribution in [2.75, 3.05) is 26.1 Å². The number of methoxy groups -OCH3 is 2. The predicted molar refractivity (Wildman–Crippen MR) is 107 cm³/mol. The zero-order valence-electron chi connectivity index (χ0n) is 16.4. The molecule has 2 heterocycles. The Morgan fingerprint density at radius 3 is 2.48 bits per heavy atom. The number of benzene rings is 1. The number of carbonyl (C=O) groups excluding carboxylic acids is 1. The quantitative estimate of drug-likeness (QED) is 0.623. The Kier molecular flexibility index (Phi) is 6.12. The summed E-state index contributed by atoms with van der Waals surface area (Å²) in [6.45, 7) is 0.430. The molecule has 2 aromatic heterocycles. The van der Waals surface area contributed by atoms with Crippen molar-refractivity contribution in [3.8, 4) is 23.0 Å². The number of amides is 2. The van der Waals surface area contributed by atoms with Crippen LogP contribution in [-0.4, -0.2) is 46.1 Å². The third kappa shape index (κ3) is 4.72. The minimum atomic E-state index is -0.422. The van der Waals surface area contributed by atoms with E-state index in [9.17, 15) is 9.59 Å². The molecule has 0 aliphatic carbocycles. The Balaban J connectivity index is 1.61. The second-order valence-corrected chi connectivity index (χ2v) is 6.09. The minimum Gasteiger partial charge on any atom is -0.497 e. The van der Waals surface area contributed by atoms with E-state index in [2.05, 4.69) is 20.7 Å². The summed E-state index contributed by atoms with van der Waals surface area (Å²) in [5.74, 6) is 1.58. The van der Waals surface area contributed by atoms with E-state index in [1.807, 2.05) is 6.07 Å². The lowest BCUT2D eigenvalue weighted by Crippen LogP contribution is -2.34. The smallest absolute Gasteiger partial charge is 0.346 e. The van der Waals surface area contributed by atoms with Crippen LogP contribution < -0.4 is 25.8 Å². The number of rotatable bonds is 7. The van der Waals surface area contributed by atoms with Gasteiger partial charge in [0.15, 0.2) is 5.82 Å². The van der Waals surface area contributed by atoms with E-state index in [-0.39, 0.29) is 18.8 Å². The molecule has 29 heavy (non-hydrogen) atoms. The molecule has 0 spiro atoms. The van der Waals surface area contributed by atoms with Crippen LogP contribution in [0.2, 0.25) is 0 Å². The van der Waals surface area contributed by atoms with Crippen LogP contribution in [0.25, 0.3) is 11.5 Å². The van der Waals surface area contributed by atoms with Crippen LogP contribution in [0.3, 0.4) is 0 Å². The van der Waals surface area contributed by atoms with E-state index in [0.29, 0.717) is 28.7 Å². The first kappa shape index (κ1) is 19.9. The SMILES string of the molecule is COc1cc(NC(=O)NCCn2nc(-c3ccccn3)n(C)c2=O)cc(OC)c1. The molecule has 2 amide bonds. The van der Waals surface area contributed by atoms with Gasteiger partial charge in [-0.25, -0.2) is 14.3 Å². The summed E-state index contributed by atoms with van der Waals surface area (Å²) in [7, 11) is 4.69. The van der Waals surface area contributed by atoms with Gasteiger partial charge in [-0.3, -0.25) is 9.55 Å². The lowest BCUT2D eigenvalue weighted by Gasteiger charge is -2.10. The van der Waals surface area contributed by atoms with Crippen molar-refractivity contribution in [1.82, 2.24) is 24.6 Å². The van der Waals surface area contributed by atoms with Gasteiger partial charge in [0.05, 0.1) is 20.8 Å². The van der Waals surface area contributed by atoms with E-state index in [1.54, 1.807) is 43.6 Å².